The monoisotopic (exact) mass is 192 g/mol. The first-order valence-corrected chi connectivity index (χ1v) is 3.98. The maximum Gasteiger partial charge on any atom is 0.162 e. The third-order valence-corrected chi connectivity index (χ3v) is 2.00. The van der Waals surface area contributed by atoms with Gasteiger partial charge in [-0.3, -0.25) is 4.79 Å². The van der Waals surface area contributed by atoms with E-state index in [0.29, 0.717) is 5.56 Å². The van der Waals surface area contributed by atoms with Gasteiger partial charge >= 0.3 is 0 Å². The molecule has 0 unspecified atom stereocenters. The van der Waals surface area contributed by atoms with Gasteiger partial charge in [0.15, 0.2) is 11.6 Å². The molecule has 0 aromatic heterocycles. The highest BCUT2D eigenvalue weighted by molar-refractivity contribution is 5.95. The zero-order chi connectivity index (χ0) is 10.9. The third-order valence-electron chi connectivity index (χ3n) is 2.00. The lowest BCUT2D eigenvalue weighted by atomic mass is 10.0. The molecule has 0 amide bonds. The number of nitriles is 1. The summed E-state index contributed by atoms with van der Waals surface area (Å²) in [6, 6.07) is 3.00. The van der Waals surface area contributed by atoms with Gasteiger partial charge in [-0.1, -0.05) is 0 Å². The van der Waals surface area contributed by atoms with Crippen LogP contribution in [0.25, 0.3) is 0 Å². The van der Waals surface area contributed by atoms with Crippen molar-refractivity contribution in [3.63, 3.8) is 0 Å². The predicted octanol–water partition coefficient (Wildman–Crippen LogP) is 1.79. The van der Waals surface area contributed by atoms with Crippen LogP contribution in [0.15, 0.2) is 6.07 Å². The molecular weight excluding hydrogens is 183 g/mol. The van der Waals surface area contributed by atoms with E-state index in [4.69, 9.17) is 11.0 Å². The Morgan fingerprint density at radius 3 is 2.64 bits per heavy atom. The molecule has 0 aliphatic carbocycles. The van der Waals surface area contributed by atoms with Gasteiger partial charge in [0.2, 0.25) is 0 Å². The Kier molecular flexibility index (Phi) is 2.52. The average molecular weight is 192 g/mol. The highest BCUT2D eigenvalue weighted by Crippen LogP contribution is 2.23. The van der Waals surface area contributed by atoms with Gasteiger partial charge in [0.1, 0.15) is 11.6 Å². The highest BCUT2D eigenvalue weighted by Gasteiger charge is 2.16. The lowest BCUT2D eigenvalue weighted by Gasteiger charge is -2.06. The summed E-state index contributed by atoms with van der Waals surface area (Å²) in [5, 5.41) is 8.65. The molecule has 0 heterocycles. The van der Waals surface area contributed by atoms with Crippen LogP contribution in [0.3, 0.4) is 0 Å². The van der Waals surface area contributed by atoms with Crippen molar-refractivity contribution in [3.05, 3.63) is 28.6 Å². The van der Waals surface area contributed by atoms with Crippen molar-refractivity contribution < 1.29 is 9.18 Å². The molecule has 1 aromatic rings. The summed E-state index contributed by atoms with van der Waals surface area (Å²) in [7, 11) is 0. The van der Waals surface area contributed by atoms with Crippen molar-refractivity contribution in [1.29, 1.82) is 5.26 Å². The number of carbonyl (C=O) groups is 1. The Labute approximate surface area is 81.0 Å². The number of rotatable bonds is 1. The smallest absolute Gasteiger partial charge is 0.162 e. The minimum Gasteiger partial charge on any atom is -0.397 e. The zero-order valence-electron chi connectivity index (χ0n) is 7.89. The second-order valence-electron chi connectivity index (χ2n) is 3.01. The summed E-state index contributed by atoms with van der Waals surface area (Å²) in [6.07, 6.45) is 0. The van der Waals surface area contributed by atoms with Crippen LogP contribution in [-0.4, -0.2) is 5.78 Å². The number of benzene rings is 1. The second-order valence-corrected chi connectivity index (χ2v) is 3.01. The number of carbonyl (C=O) groups excluding carboxylic acids is 1. The van der Waals surface area contributed by atoms with Gasteiger partial charge in [-0.2, -0.15) is 5.26 Å². The van der Waals surface area contributed by atoms with Crippen LogP contribution in [-0.2, 0) is 0 Å². The third kappa shape index (κ3) is 1.44. The van der Waals surface area contributed by atoms with Crippen LogP contribution < -0.4 is 5.73 Å². The summed E-state index contributed by atoms with van der Waals surface area (Å²) in [5.41, 5.74) is 5.77. The van der Waals surface area contributed by atoms with Gasteiger partial charge in [0.05, 0.1) is 11.3 Å². The zero-order valence-corrected chi connectivity index (χ0v) is 7.89. The fourth-order valence-electron chi connectivity index (χ4n) is 1.17. The van der Waals surface area contributed by atoms with Crippen molar-refractivity contribution in [3.8, 4) is 6.07 Å². The van der Waals surface area contributed by atoms with E-state index in [2.05, 4.69) is 0 Å². The van der Waals surface area contributed by atoms with E-state index in [1.54, 1.807) is 13.0 Å². The lowest BCUT2D eigenvalue weighted by molar-refractivity contribution is 0.101. The Bertz CT molecular complexity index is 446. The van der Waals surface area contributed by atoms with E-state index in [9.17, 15) is 9.18 Å². The number of nitrogens with two attached hydrogens (primary N) is 1. The fourth-order valence-corrected chi connectivity index (χ4v) is 1.17. The molecule has 3 nitrogen and oxygen atoms in total. The molecule has 2 N–H and O–H groups in total. The molecule has 1 rings (SSSR count). The molecule has 0 fully saturated rings. The van der Waals surface area contributed by atoms with E-state index >= 15 is 0 Å². The van der Waals surface area contributed by atoms with Gasteiger partial charge in [-0.05, 0) is 25.5 Å². The van der Waals surface area contributed by atoms with E-state index in [1.165, 1.54) is 13.0 Å². The van der Waals surface area contributed by atoms with Crippen molar-refractivity contribution in [2.24, 2.45) is 0 Å². The van der Waals surface area contributed by atoms with Crippen LogP contribution in [0.1, 0.15) is 28.4 Å². The van der Waals surface area contributed by atoms with Crippen LogP contribution in [0.4, 0.5) is 10.1 Å². The normalized spacial score (nSPS) is 9.57. The molecule has 72 valence electrons. The maximum absolute atomic E-state index is 13.4. The number of nitrogen functional groups attached to an aromatic ring is 1. The van der Waals surface area contributed by atoms with Crippen molar-refractivity contribution in [2.75, 3.05) is 5.73 Å². The first kappa shape index (κ1) is 10.2. The van der Waals surface area contributed by atoms with E-state index in [1.807, 2.05) is 0 Å². The maximum atomic E-state index is 13.4. The number of aryl methyl sites for hydroxylation is 1. The van der Waals surface area contributed by atoms with E-state index in [0.717, 1.165) is 0 Å². The SMILES string of the molecule is CC(=O)c1cc(C)c(N)c(C#N)c1F. The molecule has 0 saturated heterocycles. The van der Waals surface area contributed by atoms with Gasteiger partial charge in [-0.25, -0.2) is 4.39 Å². The molecule has 0 saturated carbocycles. The van der Waals surface area contributed by atoms with Gasteiger partial charge in [0.25, 0.3) is 0 Å². The highest BCUT2D eigenvalue weighted by atomic mass is 19.1. The number of hydrogen-bond donors (Lipinski definition) is 1. The molecule has 4 heteroatoms. The van der Waals surface area contributed by atoms with Crippen LogP contribution in [0.5, 0.6) is 0 Å². The summed E-state index contributed by atoms with van der Waals surface area (Å²) in [6.45, 7) is 2.87. The minimum atomic E-state index is -0.830. The number of anilines is 1. The standard InChI is InChI=1S/C10H9FN2O/c1-5-3-7(6(2)14)9(11)8(4-12)10(5)13/h3H,13H2,1-2H3. The molecule has 14 heavy (non-hydrogen) atoms. The molecule has 0 bridgehead atoms. The number of nitrogens with zero attached hydrogens (tertiary/aromatic N) is 1. The molecular formula is C10H9FN2O. The Morgan fingerprint density at radius 1 is 1.64 bits per heavy atom. The molecule has 0 aliphatic rings. The van der Waals surface area contributed by atoms with Crippen molar-refractivity contribution in [1.82, 2.24) is 0 Å². The summed E-state index contributed by atoms with van der Waals surface area (Å²) in [5.74, 6) is -1.25. The van der Waals surface area contributed by atoms with Gasteiger partial charge in [-0.15, -0.1) is 0 Å². The van der Waals surface area contributed by atoms with Crippen molar-refractivity contribution in [2.45, 2.75) is 13.8 Å². The van der Waals surface area contributed by atoms with Crippen LogP contribution >= 0.6 is 0 Å². The fraction of sp³-hybridized carbons (Fsp3) is 0.200. The molecule has 0 aliphatic heterocycles. The summed E-state index contributed by atoms with van der Waals surface area (Å²) < 4.78 is 13.4. The predicted molar refractivity (Wildman–Crippen MR) is 50.3 cm³/mol. The van der Waals surface area contributed by atoms with E-state index in [-0.39, 0.29) is 16.8 Å². The number of hydrogen-bond acceptors (Lipinski definition) is 3. The molecule has 0 atom stereocenters. The topological polar surface area (TPSA) is 66.9 Å². The Hall–Kier alpha value is -1.89. The van der Waals surface area contributed by atoms with Crippen molar-refractivity contribution >= 4 is 11.5 Å². The summed E-state index contributed by atoms with van der Waals surface area (Å²) >= 11 is 0. The quantitative estimate of drug-likeness (QED) is 0.544. The van der Waals surface area contributed by atoms with Gasteiger partial charge < -0.3 is 5.73 Å². The van der Waals surface area contributed by atoms with Crippen LogP contribution in [0, 0.1) is 24.1 Å². The summed E-state index contributed by atoms with van der Waals surface area (Å²) in [4.78, 5) is 11.0. The number of Topliss-reactive ketones (excluding diaryl/α,β-unsaturated/α-hetero) is 1. The average Bonchev–Trinajstić information content (AvgIpc) is 2.12. The van der Waals surface area contributed by atoms with E-state index < -0.39 is 11.6 Å². The first-order valence-electron chi connectivity index (χ1n) is 3.98. The lowest BCUT2D eigenvalue weighted by Crippen LogP contribution is -2.05. The minimum absolute atomic E-state index is 0.0896. The Balaban J connectivity index is 3.61. The number of ketones is 1. The number of halogens is 1. The molecule has 0 radical (unpaired) electrons. The van der Waals surface area contributed by atoms with Gasteiger partial charge in [0, 0.05) is 0 Å². The first-order chi connectivity index (χ1) is 6.49. The molecule has 1 aromatic carbocycles. The van der Waals surface area contributed by atoms with Crippen LogP contribution in [0.2, 0.25) is 0 Å². The largest absolute Gasteiger partial charge is 0.397 e. The Morgan fingerprint density at radius 2 is 2.21 bits per heavy atom. The second kappa shape index (κ2) is 3.46. The molecule has 0 spiro atoms.